The summed E-state index contributed by atoms with van der Waals surface area (Å²) in [5.74, 6) is 0. The molecule has 1 rings (SSSR count). The lowest BCUT2D eigenvalue weighted by molar-refractivity contribution is 0.841. The summed E-state index contributed by atoms with van der Waals surface area (Å²) in [6, 6.07) is 4.45. The van der Waals surface area contributed by atoms with Crippen LogP contribution in [0.25, 0.3) is 0 Å². The fourth-order valence-corrected chi connectivity index (χ4v) is 9.93. The minimum absolute atomic E-state index is 0.943. The van der Waals surface area contributed by atoms with E-state index in [0.29, 0.717) is 0 Å². The van der Waals surface area contributed by atoms with Gasteiger partial charge in [0.2, 0.25) is 0 Å². The zero-order valence-electron chi connectivity index (χ0n) is 12.8. The molecule has 0 bridgehead atoms. The van der Waals surface area contributed by atoms with Crippen molar-refractivity contribution in [3.63, 3.8) is 0 Å². The summed E-state index contributed by atoms with van der Waals surface area (Å²) in [4.78, 5) is 0. The quantitative estimate of drug-likeness (QED) is 0.435. The molecule has 0 aliphatic rings. The Kier molecular flexibility index (Phi) is 8.62. The van der Waals surface area contributed by atoms with Crippen molar-refractivity contribution in [2.75, 3.05) is 18.5 Å². The molecule has 1 aromatic rings. The minimum Gasteiger partial charge on any atom is -0.0870 e. The first-order valence-corrected chi connectivity index (χ1v) is 11.3. The fraction of sp³-hybridized carbons (Fsp3) is 0.750. The largest absolute Gasteiger partial charge is 0.147 e. The van der Waals surface area contributed by atoms with E-state index in [1.165, 1.54) is 57.0 Å². The van der Waals surface area contributed by atoms with Gasteiger partial charge in [-0.25, -0.2) is 0 Å². The van der Waals surface area contributed by atoms with Crippen molar-refractivity contribution < 1.29 is 0 Å². The van der Waals surface area contributed by atoms with Crippen LogP contribution in [0.5, 0.6) is 0 Å². The normalized spacial score (nSPS) is 12.0. The summed E-state index contributed by atoms with van der Waals surface area (Å²) >= 11 is 8.07. The van der Waals surface area contributed by atoms with E-state index in [0.717, 1.165) is 4.34 Å². The highest BCUT2D eigenvalue weighted by Crippen LogP contribution is 2.61. The number of hydrogen-bond donors (Lipinski definition) is 0. The summed E-state index contributed by atoms with van der Waals surface area (Å²) in [7, 11) is -0.943. The molecular weight excluding hydrogens is 291 g/mol. The standard InChI is InChI=1S/C16H29ClPS/c1-4-7-12-18(13-8-5-2,14-9-6-3)16-11-10-15(17)19-16/h10-11H,4-9,12-14H2,1-3H3/q+1. The highest BCUT2D eigenvalue weighted by atomic mass is 35.5. The van der Waals surface area contributed by atoms with Gasteiger partial charge in [0.1, 0.15) is 4.62 Å². The Labute approximate surface area is 129 Å². The van der Waals surface area contributed by atoms with E-state index in [-0.39, 0.29) is 0 Å². The minimum atomic E-state index is -0.943. The zero-order valence-corrected chi connectivity index (χ0v) is 15.2. The van der Waals surface area contributed by atoms with Crippen molar-refractivity contribution >= 4 is 34.8 Å². The molecule has 0 saturated carbocycles. The monoisotopic (exact) mass is 319 g/mol. The van der Waals surface area contributed by atoms with Gasteiger partial charge < -0.3 is 0 Å². The van der Waals surface area contributed by atoms with E-state index < -0.39 is 7.26 Å². The van der Waals surface area contributed by atoms with Crippen molar-refractivity contribution in [1.82, 2.24) is 0 Å². The molecule has 1 aromatic heterocycles. The predicted octanol–water partition coefficient (Wildman–Crippen LogP) is 6.44. The Bertz CT molecular complexity index is 326. The van der Waals surface area contributed by atoms with Crippen LogP contribution in [0, 0.1) is 0 Å². The molecule has 0 fully saturated rings. The summed E-state index contributed by atoms with van der Waals surface area (Å²) in [5, 5.41) is 0. The topological polar surface area (TPSA) is 0 Å². The lowest BCUT2D eigenvalue weighted by Crippen LogP contribution is -2.18. The van der Waals surface area contributed by atoms with E-state index in [1.54, 1.807) is 4.62 Å². The highest BCUT2D eigenvalue weighted by molar-refractivity contribution is 7.87. The van der Waals surface area contributed by atoms with Crippen LogP contribution < -0.4 is 4.62 Å². The summed E-state index contributed by atoms with van der Waals surface area (Å²) in [6.07, 6.45) is 12.4. The van der Waals surface area contributed by atoms with Crippen molar-refractivity contribution in [2.24, 2.45) is 0 Å². The molecule has 3 heteroatoms. The van der Waals surface area contributed by atoms with Gasteiger partial charge in [-0.2, -0.15) is 0 Å². The van der Waals surface area contributed by atoms with E-state index in [4.69, 9.17) is 11.6 Å². The number of halogens is 1. The second kappa shape index (κ2) is 9.37. The molecule has 0 spiro atoms. The fourth-order valence-electron chi connectivity index (χ4n) is 2.61. The van der Waals surface area contributed by atoms with Crippen molar-refractivity contribution in [3.8, 4) is 0 Å². The predicted molar refractivity (Wildman–Crippen MR) is 95.2 cm³/mol. The van der Waals surface area contributed by atoms with Crippen molar-refractivity contribution in [2.45, 2.75) is 59.3 Å². The number of unbranched alkanes of at least 4 members (excludes halogenated alkanes) is 3. The van der Waals surface area contributed by atoms with Crippen LogP contribution in [0.3, 0.4) is 0 Å². The second-order valence-corrected chi connectivity index (χ2v) is 11.6. The first-order chi connectivity index (χ1) is 9.18. The van der Waals surface area contributed by atoms with Gasteiger partial charge in [-0.3, -0.25) is 0 Å². The van der Waals surface area contributed by atoms with E-state index in [9.17, 15) is 0 Å². The summed E-state index contributed by atoms with van der Waals surface area (Å²) in [5.41, 5.74) is 0. The molecule has 0 N–H and O–H groups in total. The average Bonchev–Trinajstić information content (AvgIpc) is 2.85. The van der Waals surface area contributed by atoms with Crippen molar-refractivity contribution in [3.05, 3.63) is 16.5 Å². The zero-order chi connectivity index (χ0) is 14.1. The molecule has 0 aromatic carbocycles. The van der Waals surface area contributed by atoms with Gasteiger partial charge in [0.25, 0.3) is 0 Å². The molecule has 0 aliphatic carbocycles. The first kappa shape index (κ1) is 17.5. The first-order valence-electron chi connectivity index (χ1n) is 7.80. The molecule has 0 aliphatic heterocycles. The molecule has 0 radical (unpaired) electrons. The van der Waals surface area contributed by atoms with Crippen LogP contribution >= 0.6 is 30.2 Å². The van der Waals surface area contributed by atoms with Crippen molar-refractivity contribution in [1.29, 1.82) is 0 Å². The van der Waals surface area contributed by atoms with Gasteiger partial charge in [0.15, 0.2) is 0 Å². The van der Waals surface area contributed by atoms with Gasteiger partial charge in [-0.05, 0) is 31.4 Å². The average molecular weight is 320 g/mol. The Morgan fingerprint density at radius 3 is 1.68 bits per heavy atom. The number of thiophene rings is 1. The third kappa shape index (κ3) is 5.37. The van der Waals surface area contributed by atoms with E-state index in [2.05, 4.69) is 32.9 Å². The van der Waals surface area contributed by atoms with Gasteiger partial charge in [-0.1, -0.05) is 63.0 Å². The summed E-state index contributed by atoms with van der Waals surface area (Å²) < 4.78 is 2.62. The molecule has 110 valence electrons. The molecule has 0 saturated heterocycles. The SMILES string of the molecule is CCCC[P+](CCCC)(CCCC)c1ccc(Cl)s1. The van der Waals surface area contributed by atoms with E-state index >= 15 is 0 Å². The van der Waals surface area contributed by atoms with Crippen LogP contribution in [0.15, 0.2) is 12.1 Å². The Hall–Kier alpha value is 0.420. The molecule has 1 heterocycles. The third-order valence-corrected chi connectivity index (χ3v) is 10.9. The highest BCUT2D eigenvalue weighted by Gasteiger charge is 2.39. The second-order valence-electron chi connectivity index (χ2n) is 5.45. The summed E-state index contributed by atoms with van der Waals surface area (Å²) in [6.45, 7) is 6.95. The van der Waals surface area contributed by atoms with Gasteiger partial charge in [0, 0.05) is 0 Å². The van der Waals surface area contributed by atoms with Crippen LogP contribution in [-0.4, -0.2) is 18.5 Å². The third-order valence-electron chi connectivity index (χ3n) is 3.85. The molecule has 19 heavy (non-hydrogen) atoms. The Morgan fingerprint density at radius 1 is 0.895 bits per heavy atom. The lowest BCUT2D eigenvalue weighted by atomic mass is 10.4. The maximum Gasteiger partial charge on any atom is 0.147 e. The van der Waals surface area contributed by atoms with Gasteiger partial charge in [-0.15, -0.1) is 0 Å². The molecule has 0 nitrogen and oxygen atoms in total. The van der Waals surface area contributed by atoms with Crippen LogP contribution in [-0.2, 0) is 0 Å². The molecule has 0 unspecified atom stereocenters. The van der Waals surface area contributed by atoms with Crippen LogP contribution in [0.2, 0.25) is 4.34 Å². The van der Waals surface area contributed by atoms with Crippen LogP contribution in [0.1, 0.15) is 59.3 Å². The smallest absolute Gasteiger partial charge is 0.0870 e. The van der Waals surface area contributed by atoms with E-state index in [1.807, 2.05) is 11.3 Å². The van der Waals surface area contributed by atoms with Gasteiger partial charge in [0.05, 0.1) is 30.1 Å². The molecule has 0 atom stereocenters. The molecular formula is C16H29ClPS+. The Morgan fingerprint density at radius 2 is 1.37 bits per heavy atom. The van der Waals surface area contributed by atoms with Gasteiger partial charge >= 0.3 is 0 Å². The Balaban J connectivity index is 2.93. The number of hydrogen-bond acceptors (Lipinski definition) is 1. The molecule has 0 amide bonds. The maximum atomic E-state index is 6.20. The maximum absolute atomic E-state index is 6.20. The number of rotatable bonds is 10. The lowest BCUT2D eigenvalue weighted by Gasteiger charge is -2.26. The van der Waals surface area contributed by atoms with Crippen LogP contribution in [0.4, 0.5) is 0 Å².